The Morgan fingerprint density at radius 3 is 2.67 bits per heavy atom. The third kappa shape index (κ3) is 2.68. The normalized spacial score (nSPS) is 26.1. The maximum absolute atomic E-state index is 13.7. The van der Waals surface area contributed by atoms with Gasteiger partial charge in [0.1, 0.15) is 11.5 Å². The van der Waals surface area contributed by atoms with E-state index in [4.69, 9.17) is 4.98 Å². The van der Waals surface area contributed by atoms with Crippen LogP contribution < -0.4 is 0 Å². The van der Waals surface area contributed by atoms with E-state index in [1.54, 1.807) is 4.90 Å². The zero-order valence-corrected chi connectivity index (χ0v) is 15.2. The van der Waals surface area contributed by atoms with Gasteiger partial charge in [-0.2, -0.15) is 0 Å². The molecule has 6 heteroatoms. The number of alkyl halides is 2. The summed E-state index contributed by atoms with van der Waals surface area (Å²) in [6, 6.07) is 9.91. The molecule has 3 heterocycles. The summed E-state index contributed by atoms with van der Waals surface area (Å²) >= 11 is 0. The Labute approximate surface area is 157 Å². The van der Waals surface area contributed by atoms with Gasteiger partial charge in [-0.15, -0.1) is 0 Å². The molecule has 0 bridgehead atoms. The molecular weight excluding hydrogens is 348 g/mol. The van der Waals surface area contributed by atoms with Crippen LogP contribution in [0.1, 0.15) is 41.9 Å². The maximum Gasteiger partial charge on any atom is 0.274 e. The molecule has 1 amide bonds. The Morgan fingerprint density at radius 2 is 1.93 bits per heavy atom. The molecule has 4 nitrogen and oxygen atoms in total. The quantitative estimate of drug-likeness (QED) is 0.800. The van der Waals surface area contributed by atoms with Gasteiger partial charge in [0.15, 0.2) is 0 Å². The number of hydrogen-bond donors (Lipinski definition) is 0. The lowest BCUT2D eigenvalue weighted by atomic mass is 9.72. The van der Waals surface area contributed by atoms with E-state index < -0.39 is 11.8 Å². The molecule has 1 saturated heterocycles. The molecule has 1 saturated carbocycles. The van der Waals surface area contributed by atoms with Crippen molar-refractivity contribution in [3.63, 3.8) is 0 Å². The topological polar surface area (TPSA) is 38.1 Å². The van der Waals surface area contributed by atoms with Gasteiger partial charge in [0.2, 0.25) is 0 Å². The van der Waals surface area contributed by atoms with Gasteiger partial charge < -0.3 is 9.47 Å². The summed E-state index contributed by atoms with van der Waals surface area (Å²) in [5, 5.41) is 0. The van der Waals surface area contributed by atoms with Crippen molar-refractivity contribution in [2.24, 2.45) is 11.8 Å². The van der Waals surface area contributed by atoms with Crippen LogP contribution in [-0.2, 0) is 13.0 Å². The van der Waals surface area contributed by atoms with Crippen molar-refractivity contribution in [3.8, 4) is 11.4 Å². The number of benzene rings is 1. The van der Waals surface area contributed by atoms with Gasteiger partial charge in [-0.05, 0) is 25.2 Å². The van der Waals surface area contributed by atoms with Gasteiger partial charge >= 0.3 is 0 Å². The highest BCUT2D eigenvalue weighted by Gasteiger charge is 2.60. The molecule has 1 aromatic heterocycles. The van der Waals surface area contributed by atoms with Crippen molar-refractivity contribution in [2.75, 3.05) is 13.1 Å². The fourth-order valence-corrected chi connectivity index (χ4v) is 4.91. The minimum Gasteiger partial charge on any atom is -0.336 e. The number of likely N-dealkylation sites (tertiary alicyclic amines) is 1. The van der Waals surface area contributed by atoms with Crippen molar-refractivity contribution in [2.45, 2.75) is 44.6 Å². The molecule has 1 aromatic carbocycles. The molecule has 2 aromatic rings. The fraction of sp³-hybridized carbons (Fsp3) is 0.524. The summed E-state index contributed by atoms with van der Waals surface area (Å²) in [7, 11) is 0. The summed E-state index contributed by atoms with van der Waals surface area (Å²) in [4.78, 5) is 19.6. The van der Waals surface area contributed by atoms with Crippen LogP contribution in [0.3, 0.4) is 0 Å². The predicted octanol–water partition coefficient (Wildman–Crippen LogP) is 4.00. The van der Waals surface area contributed by atoms with Crippen LogP contribution in [0.4, 0.5) is 8.78 Å². The SMILES string of the molecule is O=C(c1nc(-c2ccccc2)n2c1CCCCC2)N1CC2CC(F)(F)C2C1. The molecule has 2 fully saturated rings. The number of carbonyl (C=O) groups is 1. The molecular formula is C21H23F2N3O. The number of nitrogens with zero attached hydrogens (tertiary/aromatic N) is 3. The highest BCUT2D eigenvalue weighted by Crippen LogP contribution is 2.52. The van der Waals surface area contributed by atoms with E-state index in [1.165, 1.54) is 0 Å². The maximum atomic E-state index is 13.7. The van der Waals surface area contributed by atoms with Crippen molar-refractivity contribution in [1.82, 2.24) is 14.5 Å². The monoisotopic (exact) mass is 371 g/mol. The van der Waals surface area contributed by atoms with Crippen LogP contribution in [0.25, 0.3) is 11.4 Å². The van der Waals surface area contributed by atoms with E-state index in [1.807, 2.05) is 30.3 Å². The largest absolute Gasteiger partial charge is 0.336 e. The lowest BCUT2D eigenvalue weighted by molar-refractivity contribution is -0.152. The highest BCUT2D eigenvalue weighted by molar-refractivity contribution is 5.94. The first kappa shape index (κ1) is 16.9. The summed E-state index contributed by atoms with van der Waals surface area (Å²) in [6.45, 7) is 1.44. The number of imidazole rings is 1. The minimum absolute atomic E-state index is 0.0567. The lowest BCUT2D eigenvalue weighted by Crippen LogP contribution is -2.46. The van der Waals surface area contributed by atoms with E-state index in [-0.39, 0.29) is 24.8 Å². The van der Waals surface area contributed by atoms with Crippen molar-refractivity contribution in [3.05, 3.63) is 41.7 Å². The van der Waals surface area contributed by atoms with Crippen LogP contribution in [0, 0.1) is 11.8 Å². The molecule has 2 aliphatic heterocycles. The van der Waals surface area contributed by atoms with E-state index >= 15 is 0 Å². The molecule has 1 aliphatic carbocycles. The van der Waals surface area contributed by atoms with Crippen LogP contribution in [-0.4, -0.2) is 39.4 Å². The summed E-state index contributed by atoms with van der Waals surface area (Å²) < 4.78 is 29.6. The van der Waals surface area contributed by atoms with Crippen molar-refractivity contribution in [1.29, 1.82) is 0 Å². The zero-order valence-electron chi connectivity index (χ0n) is 15.2. The second-order valence-corrected chi connectivity index (χ2v) is 8.10. The smallest absolute Gasteiger partial charge is 0.274 e. The molecule has 0 radical (unpaired) electrons. The molecule has 3 aliphatic rings. The van der Waals surface area contributed by atoms with Crippen LogP contribution in [0.15, 0.2) is 30.3 Å². The minimum atomic E-state index is -2.61. The Balaban J connectivity index is 1.51. The molecule has 27 heavy (non-hydrogen) atoms. The second-order valence-electron chi connectivity index (χ2n) is 8.10. The summed E-state index contributed by atoms with van der Waals surface area (Å²) in [6.07, 6.45) is 3.96. The number of aromatic nitrogens is 2. The first-order valence-electron chi connectivity index (χ1n) is 9.86. The number of carbonyl (C=O) groups excluding carboxylic acids is 1. The Hall–Kier alpha value is -2.24. The number of halogens is 2. The molecule has 0 N–H and O–H groups in total. The van der Waals surface area contributed by atoms with Crippen LogP contribution in [0.5, 0.6) is 0 Å². The van der Waals surface area contributed by atoms with Gasteiger partial charge in [0.05, 0.1) is 5.69 Å². The lowest BCUT2D eigenvalue weighted by Gasteiger charge is -2.38. The molecule has 2 unspecified atom stereocenters. The second kappa shape index (κ2) is 6.14. The van der Waals surface area contributed by atoms with E-state index in [0.29, 0.717) is 12.2 Å². The van der Waals surface area contributed by atoms with E-state index in [9.17, 15) is 13.6 Å². The number of amides is 1. The van der Waals surface area contributed by atoms with E-state index in [0.717, 1.165) is 49.3 Å². The van der Waals surface area contributed by atoms with Crippen LogP contribution >= 0.6 is 0 Å². The Bertz CT molecular complexity index is 877. The summed E-state index contributed by atoms with van der Waals surface area (Å²) in [5.74, 6) is -2.69. The van der Waals surface area contributed by atoms with Gasteiger partial charge in [0, 0.05) is 37.5 Å². The van der Waals surface area contributed by atoms with E-state index in [2.05, 4.69) is 4.57 Å². The third-order valence-electron chi connectivity index (χ3n) is 6.41. The molecule has 2 atom stereocenters. The third-order valence-corrected chi connectivity index (χ3v) is 6.41. The van der Waals surface area contributed by atoms with Crippen LogP contribution in [0.2, 0.25) is 0 Å². The molecule has 5 rings (SSSR count). The zero-order chi connectivity index (χ0) is 18.6. The van der Waals surface area contributed by atoms with Gasteiger partial charge in [-0.1, -0.05) is 36.8 Å². The fourth-order valence-electron chi connectivity index (χ4n) is 4.91. The van der Waals surface area contributed by atoms with Gasteiger partial charge in [-0.25, -0.2) is 13.8 Å². The van der Waals surface area contributed by atoms with Crippen molar-refractivity contribution < 1.29 is 13.6 Å². The standard InChI is InChI=1S/C21H23F2N3O/c22-21(23)11-15-12-25(13-16(15)21)20(27)18-17-9-5-2-6-10-26(17)19(24-18)14-7-3-1-4-8-14/h1,3-4,7-8,15-16H,2,5-6,9-13H2. The number of rotatable bonds is 2. The average molecular weight is 371 g/mol. The highest BCUT2D eigenvalue weighted by atomic mass is 19.3. The first-order chi connectivity index (χ1) is 13.0. The number of fused-ring (bicyclic) bond motifs is 2. The number of hydrogen-bond acceptors (Lipinski definition) is 2. The molecule has 0 spiro atoms. The van der Waals surface area contributed by atoms with Gasteiger partial charge in [-0.3, -0.25) is 4.79 Å². The predicted molar refractivity (Wildman–Crippen MR) is 97.7 cm³/mol. The Morgan fingerprint density at radius 1 is 1.11 bits per heavy atom. The van der Waals surface area contributed by atoms with Crippen molar-refractivity contribution >= 4 is 5.91 Å². The van der Waals surface area contributed by atoms with Gasteiger partial charge in [0.25, 0.3) is 11.8 Å². The average Bonchev–Trinajstić information content (AvgIpc) is 3.12. The Kier molecular flexibility index (Phi) is 3.85. The summed E-state index contributed by atoms with van der Waals surface area (Å²) in [5.41, 5.74) is 2.44. The first-order valence-corrected chi connectivity index (χ1v) is 9.86. The molecule has 142 valence electrons.